The fourth-order valence-corrected chi connectivity index (χ4v) is 5.98. The Labute approximate surface area is 281 Å². The summed E-state index contributed by atoms with van der Waals surface area (Å²) in [5, 5.41) is 0. The Morgan fingerprint density at radius 3 is 1.56 bits per heavy atom. The summed E-state index contributed by atoms with van der Waals surface area (Å²) in [5.74, 6) is -55.7. The van der Waals surface area contributed by atoms with Gasteiger partial charge in [0, 0.05) is 43.5 Å². The normalized spacial score (nSPS) is 15.7. The van der Waals surface area contributed by atoms with E-state index in [2.05, 4.69) is 4.98 Å². The molecule has 2 aromatic rings. The molecule has 2 nitrogen and oxygen atoms in total. The molecule has 0 N–H and O–H groups in total. The maximum atomic E-state index is 14.1. The lowest BCUT2D eigenvalue weighted by Crippen LogP contribution is -2.74. The van der Waals surface area contributed by atoms with E-state index in [1.54, 1.807) is 29.4 Å². The first-order valence-electron chi connectivity index (χ1n) is 14.5. The van der Waals surface area contributed by atoms with Crippen LogP contribution in [0.15, 0.2) is 49.1 Å². The van der Waals surface area contributed by atoms with Gasteiger partial charge in [-0.05, 0) is 61.7 Å². The second-order valence-corrected chi connectivity index (χ2v) is 13.0. The van der Waals surface area contributed by atoms with Crippen LogP contribution in [0.4, 0.5) is 74.6 Å². The molecule has 21 heteroatoms. The van der Waals surface area contributed by atoms with E-state index in [1.807, 2.05) is 31.2 Å². The van der Waals surface area contributed by atoms with E-state index in [0.29, 0.717) is 0 Å². The van der Waals surface area contributed by atoms with E-state index < -0.39 is 66.9 Å². The fraction of sp³-hybridized carbons (Fsp3) is 0.655. The van der Waals surface area contributed by atoms with Gasteiger partial charge in [-0.1, -0.05) is 25.2 Å². The molecule has 2 atom stereocenters. The van der Waals surface area contributed by atoms with Crippen molar-refractivity contribution in [1.82, 2.24) is 4.98 Å². The molecule has 0 fully saturated rings. The average Bonchev–Trinajstić information content (AvgIpc) is 3.02. The lowest BCUT2D eigenvalue weighted by atomic mass is 9.87. The summed E-state index contributed by atoms with van der Waals surface area (Å²) in [6, 6.07) is 7.45. The Balaban J connectivity index is 1.99. The molecule has 0 saturated heterocycles. The summed E-state index contributed by atoms with van der Waals surface area (Å²) in [7, 11) is 0.793. The number of rotatable bonds is 19. The van der Waals surface area contributed by atoms with Crippen LogP contribution in [-0.2, 0) is 18.4 Å². The van der Waals surface area contributed by atoms with E-state index in [9.17, 15) is 74.6 Å². The third-order valence-electron chi connectivity index (χ3n) is 8.04. The number of pyridine rings is 2. The van der Waals surface area contributed by atoms with E-state index in [1.165, 1.54) is 0 Å². The van der Waals surface area contributed by atoms with Crippen LogP contribution in [-0.4, -0.2) is 58.8 Å². The molecular weight excluding hydrogens is 762 g/mol. The Hall–Kier alpha value is -2.37. The van der Waals surface area contributed by atoms with Crippen molar-refractivity contribution in [3.8, 4) is 0 Å². The van der Waals surface area contributed by atoms with Gasteiger partial charge in [-0.15, -0.1) is 0 Å². The first-order chi connectivity index (χ1) is 22.6. The molecule has 2 rings (SSSR count). The zero-order chi connectivity index (χ0) is 38.6. The Kier molecular flexibility index (Phi) is 13.8. The molecule has 0 radical (unpaired) electrons. The Morgan fingerprint density at radius 1 is 0.620 bits per heavy atom. The summed E-state index contributed by atoms with van der Waals surface area (Å²) in [5.41, 5.74) is 2.06. The lowest BCUT2D eigenvalue weighted by Gasteiger charge is -2.42. The largest absolute Gasteiger partial charge is 0.460 e. The van der Waals surface area contributed by atoms with E-state index in [0.717, 1.165) is 31.1 Å². The molecule has 2 heterocycles. The molecule has 0 saturated carbocycles. The van der Waals surface area contributed by atoms with Gasteiger partial charge >= 0.3 is 47.6 Å². The molecule has 2 aromatic heterocycles. The lowest BCUT2D eigenvalue weighted by molar-refractivity contribution is -0.697. The summed E-state index contributed by atoms with van der Waals surface area (Å²) < 4.78 is 230. The number of aryl methyl sites for hydroxylation is 1. The second-order valence-electron chi connectivity index (χ2n) is 11.6. The van der Waals surface area contributed by atoms with Crippen LogP contribution in [0.1, 0.15) is 68.4 Å². The highest BCUT2D eigenvalue weighted by Crippen LogP contribution is 2.64. The topological polar surface area (TPSA) is 16.8 Å². The number of halogens is 17. The predicted octanol–water partition coefficient (Wildman–Crippen LogP) is 11.0. The van der Waals surface area contributed by atoms with Gasteiger partial charge in [0.25, 0.3) is 0 Å². The van der Waals surface area contributed by atoms with Crippen molar-refractivity contribution >= 4 is 19.2 Å². The van der Waals surface area contributed by atoms with Crippen molar-refractivity contribution in [2.75, 3.05) is 6.16 Å². The van der Waals surface area contributed by atoms with Gasteiger partial charge in [-0.2, -0.15) is 74.6 Å². The number of nitrogens with zero attached hydrogens (tertiary/aromatic N) is 2. The molecule has 0 bridgehead atoms. The number of alkyl halides is 17. The van der Waals surface area contributed by atoms with Crippen LogP contribution in [0, 0.1) is 0 Å². The summed E-state index contributed by atoms with van der Waals surface area (Å²) in [4.78, 5) is 4.00. The maximum absolute atomic E-state index is 14.1. The van der Waals surface area contributed by atoms with Gasteiger partial charge < -0.3 is 0 Å². The van der Waals surface area contributed by atoms with Gasteiger partial charge in [-0.25, -0.2) is 4.57 Å². The standard InChI is InChI=1S/C29H29F17N2PS/c1-18(16-21(17-49-50)20-6-11-47-12-7-20)19-8-14-48(15-9-19)13-5-3-2-4-10-22(30,31)23(32,33)24(34,35)25(36,37)26(38,39)27(40,41)28(42,43)29(44,45)46/h6-9,11-12,14-15,18,21H,2-5,10,13,16-17H2,1H3/q+1. The van der Waals surface area contributed by atoms with E-state index in [4.69, 9.17) is 11.8 Å². The summed E-state index contributed by atoms with van der Waals surface area (Å²) in [6.07, 6.45) is -3.30. The first kappa shape index (κ1) is 43.8. The molecule has 0 aliphatic heterocycles. The van der Waals surface area contributed by atoms with Crippen LogP contribution < -0.4 is 4.57 Å². The molecule has 0 aliphatic carbocycles. The number of hydrogen-bond acceptors (Lipinski definition) is 2. The maximum Gasteiger partial charge on any atom is 0.460 e. The minimum absolute atomic E-state index is 0.0376. The highest BCUT2D eigenvalue weighted by atomic mass is 32.4. The quantitative estimate of drug-likeness (QED) is 0.0610. The van der Waals surface area contributed by atoms with Crippen molar-refractivity contribution in [3.05, 3.63) is 60.2 Å². The predicted molar refractivity (Wildman–Crippen MR) is 150 cm³/mol. The number of hydrogen-bond donors (Lipinski definition) is 0. The minimum atomic E-state index is -8.61. The Bertz CT molecular complexity index is 1390. The molecule has 0 spiro atoms. The minimum Gasteiger partial charge on any atom is -0.265 e. The highest BCUT2D eigenvalue weighted by Gasteiger charge is 2.95. The van der Waals surface area contributed by atoms with E-state index in [-0.39, 0.29) is 31.2 Å². The molecule has 0 aliphatic rings. The highest BCUT2D eigenvalue weighted by molar-refractivity contribution is 7.96. The van der Waals surface area contributed by atoms with Gasteiger partial charge in [-0.3, -0.25) is 4.98 Å². The molecule has 284 valence electrons. The van der Waals surface area contributed by atoms with Gasteiger partial charge in [0.2, 0.25) is 0 Å². The zero-order valence-corrected chi connectivity index (χ0v) is 27.3. The van der Waals surface area contributed by atoms with Crippen molar-refractivity contribution in [3.63, 3.8) is 0 Å². The number of aromatic nitrogens is 2. The number of unbranched alkanes of at least 4 members (excludes halogenated alkanes) is 3. The SMILES string of the molecule is CC(CC(CP=S)c1ccncc1)c1cc[n+](CCCCCCC(F)(F)C(F)(F)C(F)(F)C(F)(F)C(F)(F)C(F)(F)C(F)(F)C(F)(F)F)cc1. The van der Waals surface area contributed by atoms with Crippen LogP contribution >= 0.6 is 7.36 Å². The second kappa shape index (κ2) is 15.7. The molecule has 2 unspecified atom stereocenters. The smallest absolute Gasteiger partial charge is 0.265 e. The van der Waals surface area contributed by atoms with Crippen LogP contribution in [0.25, 0.3) is 0 Å². The summed E-state index contributed by atoms with van der Waals surface area (Å²) in [6.45, 7) is 2.25. The first-order valence-corrected chi connectivity index (χ1v) is 16.6. The van der Waals surface area contributed by atoms with Crippen molar-refractivity contribution in [1.29, 1.82) is 0 Å². The van der Waals surface area contributed by atoms with Gasteiger partial charge in [0.15, 0.2) is 12.4 Å². The van der Waals surface area contributed by atoms with Crippen LogP contribution in [0.5, 0.6) is 0 Å². The van der Waals surface area contributed by atoms with Crippen molar-refractivity contribution < 1.29 is 79.2 Å². The average molecular weight is 792 g/mol. The van der Waals surface area contributed by atoms with Crippen LogP contribution in [0.2, 0.25) is 0 Å². The van der Waals surface area contributed by atoms with Crippen molar-refractivity contribution in [2.24, 2.45) is 0 Å². The third-order valence-corrected chi connectivity index (χ3v) is 9.08. The van der Waals surface area contributed by atoms with Crippen molar-refractivity contribution in [2.45, 2.75) is 111 Å². The van der Waals surface area contributed by atoms with Gasteiger partial charge in [0.1, 0.15) is 6.54 Å². The third kappa shape index (κ3) is 8.46. The zero-order valence-electron chi connectivity index (χ0n) is 25.6. The van der Waals surface area contributed by atoms with Gasteiger partial charge in [0.05, 0.1) is 0 Å². The van der Waals surface area contributed by atoms with Crippen LogP contribution in [0.3, 0.4) is 0 Å². The summed E-state index contributed by atoms with van der Waals surface area (Å²) >= 11 is 5.11. The van der Waals surface area contributed by atoms with E-state index >= 15 is 0 Å². The molecule has 0 aromatic carbocycles. The fourth-order valence-electron chi connectivity index (χ4n) is 4.90. The molecule has 50 heavy (non-hydrogen) atoms. The monoisotopic (exact) mass is 791 g/mol. The molecule has 0 amide bonds. The Morgan fingerprint density at radius 2 is 1.08 bits per heavy atom. The molecular formula is C29H29F17N2PS+.